The van der Waals surface area contributed by atoms with Crippen LogP contribution in [0.25, 0.3) is 0 Å². The monoisotopic (exact) mass is 482 g/mol. The molecule has 27 heavy (non-hydrogen) atoms. The van der Waals surface area contributed by atoms with Crippen LogP contribution < -0.4 is 15.2 Å². The molecule has 0 unspecified atom stereocenters. The van der Waals surface area contributed by atoms with Crippen LogP contribution in [-0.2, 0) is 6.54 Å². The number of likely N-dealkylation sites (tertiary alicyclic amines) is 1. The smallest absolute Gasteiger partial charge is 0.219 e. The van der Waals surface area contributed by atoms with Crippen LogP contribution in [0.2, 0.25) is 0 Å². The number of nitrogens with zero attached hydrogens (tertiary/aromatic N) is 3. The van der Waals surface area contributed by atoms with Crippen molar-refractivity contribution >= 4 is 29.9 Å². The fraction of sp³-hybridized carbons (Fsp3) is 0.400. The summed E-state index contributed by atoms with van der Waals surface area (Å²) in [5.41, 5.74) is 7.13. The van der Waals surface area contributed by atoms with Gasteiger partial charge in [-0.3, -0.25) is 0 Å². The second kappa shape index (κ2) is 11.0. The van der Waals surface area contributed by atoms with E-state index in [9.17, 15) is 0 Å². The molecule has 3 rings (SSSR count). The van der Waals surface area contributed by atoms with E-state index >= 15 is 0 Å². The predicted octanol–water partition coefficient (Wildman–Crippen LogP) is 4.19. The molecule has 1 aliphatic rings. The average Bonchev–Trinajstić information content (AvgIpc) is 2.69. The molecule has 1 saturated heterocycles. The molecule has 6 nitrogen and oxygen atoms in total. The highest BCUT2D eigenvalue weighted by Gasteiger charge is 2.11. The van der Waals surface area contributed by atoms with Gasteiger partial charge in [0.05, 0.1) is 13.2 Å². The van der Waals surface area contributed by atoms with E-state index in [0.29, 0.717) is 25.0 Å². The van der Waals surface area contributed by atoms with E-state index < -0.39 is 0 Å². The van der Waals surface area contributed by atoms with Gasteiger partial charge in [0.2, 0.25) is 5.88 Å². The third kappa shape index (κ3) is 6.57. The highest BCUT2D eigenvalue weighted by atomic mass is 127. The summed E-state index contributed by atoms with van der Waals surface area (Å²) in [7, 11) is 0. The quantitative estimate of drug-likeness (QED) is 0.380. The van der Waals surface area contributed by atoms with Crippen LogP contribution >= 0.6 is 24.0 Å². The summed E-state index contributed by atoms with van der Waals surface area (Å²) >= 11 is 0. The highest BCUT2D eigenvalue weighted by Crippen LogP contribution is 2.23. The van der Waals surface area contributed by atoms with Crippen LogP contribution in [0.1, 0.15) is 31.7 Å². The lowest BCUT2D eigenvalue weighted by Crippen LogP contribution is -2.40. The van der Waals surface area contributed by atoms with Crippen LogP contribution in [0.4, 0.5) is 0 Å². The Hall–Kier alpha value is -2.03. The van der Waals surface area contributed by atoms with E-state index in [2.05, 4.69) is 14.9 Å². The number of pyridine rings is 1. The molecule has 1 fully saturated rings. The van der Waals surface area contributed by atoms with E-state index in [1.807, 2.05) is 43.3 Å². The van der Waals surface area contributed by atoms with Crippen molar-refractivity contribution in [2.24, 2.45) is 10.7 Å². The number of benzene rings is 1. The molecule has 146 valence electrons. The Morgan fingerprint density at radius 3 is 2.52 bits per heavy atom. The van der Waals surface area contributed by atoms with E-state index in [-0.39, 0.29) is 24.0 Å². The molecule has 0 radical (unpaired) electrons. The first-order chi connectivity index (χ1) is 12.7. The highest BCUT2D eigenvalue weighted by molar-refractivity contribution is 14.0. The zero-order valence-electron chi connectivity index (χ0n) is 15.6. The molecule has 1 aromatic heterocycles. The molecule has 0 amide bonds. The third-order valence-electron chi connectivity index (χ3n) is 4.26. The fourth-order valence-corrected chi connectivity index (χ4v) is 2.89. The second-order valence-corrected chi connectivity index (χ2v) is 6.23. The minimum absolute atomic E-state index is 0. The number of aliphatic imine (C=N–C) groups is 1. The summed E-state index contributed by atoms with van der Waals surface area (Å²) in [4.78, 5) is 10.9. The molecule has 0 bridgehead atoms. The maximum Gasteiger partial charge on any atom is 0.219 e. The van der Waals surface area contributed by atoms with Gasteiger partial charge in [0, 0.05) is 25.4 Å². The van der Waals surface area contributed by atoms with Crippen LogP contribution in [0.15, 0.2) is 47.6 Å². The molecular formula is C20H27IN4O2. The molecule has 2 N–H and O–H groups in total. The molecule has 2 aromatic rings. The van der Waals surface area contributed by atoms with Crippen LogP contribution in [-0.4, -0.2) is 35.5 Å². The first-order valence-corrected chi connectivity index (χ1v) is 9.15. The summed E-state index contributed by atoms with van der Waals surface area (Å²) < 4.78 is 11.3. The Morgan fingerprint density at radius 2 is 1.81 bits per heavy atom. The van der Waals surface area contributed by atoms with Crippen molar-refractivity contribution in [1.29, 1.82) is 0 Å². The van der Waals surface area contributed by atoms with Gasteiger partial charge >= 0.3 is 0 Å². The number of aromatic nitrogens is 1. The van der Waals surface area contributed by atoms with Gasteiger partial charge in [0.25, 0.3) is 0 Å². The molecular weight excluding hydrogens is 455 g/mol. The van der Waals surface area contributed by atoms with E-state index in [0.717, 1.165) is 30.2 Å². The van der Waals surface area contributed by atoms with Crippen LogP contribution in [0.5, 0.6) is 17.4 Å². The lowest BCUT2D eigenvalue weighted by atomic mass is 10.1. The van der Waals surface area contributed by atoms with E-state index in [1.54, 1.807) is 6.20 Å². The molecule has 2 heterocycles. The maximum absolute atomic E-state index is 6.11. The summed E-state index contributed by atoms with van der Waals surface area (Å²) in [6.45, 7) is 5.12. The summed E-state index contributed by atoms with van der Waals surface area (Å²) in [5, 5.41) is 0. The SMILES string of the molecule is CCOc1ccc(Oc2cc(CN=C(N)N3CCCCC3)ccn2)cc1.I. The number of nitrogens with two attached hydrogens (primary N) is 1. The lowest BCUT2D eigenvalue weighted by Gasteiger charge is -2.27. The summed E-state index contributed by atoms with van der Waals surface area (Å²) in [6.07, 6.45) is 5.38. The van der Waals surface area contributed by atoms with Gasteiger partial charge in [-0.1, -0.05) is 0 Å². The van der Waals surface area contributed by atoms with Gasteiger partial charge in [0.1, 0.15) is 11.5 Å². The predicted molar refractivity (Wildman–Crippen MR) is 118 cm³/mol. The molecule has 7 heteroatoms. The zero-order chi connectivity index (χ0) is 18.2. The van der Waals surface area contributed by atoms with Crippen molar-refractivity contribution in [3.63, 3.8) is 0 Å². The van der Waals surface area contributed by atoms with Gasteiger partial charge < -0.3 is 20.1 Å². The van der Waals surface area contributed by atoms with Crippen LogP contribution in [0, 0.1) is 0 Å². The first-order valence-electron chi connectivity index (χ1n) is 9.15. The molecule has 0 saturated carbocycles. The molecule has 0 atom stereocenters. The van der Waals surface area contributed by atoms with Crippen molar-refractivity contribution in [2.45, 2.75) is 32.7 Å². The Labute approximate surface area is 177 Å². The van der Waals surface area contributed by atoms with Crippen molar-refractivity contribution in [2.75, 3.05) is 19.7 Å². The number of halogens is 1. The lowest BCUT2D eigenvalue weighted by molar-refractivity contribution is 0.338. The van der Waals surface area contributed by atoms with E-state index in [1.165, 1.54) is 19.3 Å². The summed E-state index contributed by atoms with van der Waals surface area (Å²) in [5.74, 6) is 2.70. The number of hydrogen-bond acceptors (Lipinski definition) is 4. The normalized spacial score (nSPS) is 14.4. The Balaban J connectivity index is 0.00000261. The van der Waals surface area contributed by atoms with Crippen molar-refractivity contribution in [3.8, 4) is 17.4 Å². The first kappa shape index (κ1) is 21.3. The third-order valence-corrected chi connectivity index (χ3v) is 4.26. The summed E-state index contributed by atoms with van der Waals surface area (Å²) in [6, 6.07) is 11.3. The van der Waals surface area contributed by atoms with Crippen molar-refractivity contribution in [3.05, 3.63) is 48.2 Å². The Morgan fingerprint density at radius 1 is 1.11 bits per heavy atom. The number of piperidine rings is 1. The van der Waals surface area contributed by atoms with Crippen molar-refractivity contribution < 1.29 is 9.47 Å². The largest absolute Gasteiger partial charge is 0.494 e. The van der Waals surface area contributed by atoms with E-state index in [4.69, 9.17) is 15.2 Å². The molecule has 1 aliphatic heterocycles. The zero-order valence-corrected chi connectivity index (χ0v) is 18.0. The standard InChI is InChI=1S/C20H26N4O2.HI/c1-2-25-17-6-8-18(9-7-17)26-19-14-16(10-11-22-19)15-23-20(21)24-12-4-3-5-13-24;/h6-11,14H,2-5,12-13,15H2,1H3,(H2,21,23);1H. The molecule has 0 aliphatic carbocycles. The van der Waals surface area contributed by atoms with Gasteiger partial charge in [-0.15, -0.1) is 24.0 Å². The fourth-order valence-electron chi connectivity index (χ4n) is 2.89. The maximum atomic E-state index is 6.11. The minimum atomic E-state index is 0. The van der Waals surface area contributed by atoms with Gasteiger partial charge in [-0.2, -0.15) is 0 Å². The molecule has 1 aromatic carbocycles. The van der Waals surface area contributed by atoms with Gasteiger partial charge in [-0.25, -0.2) is 9.98 Å². The van der Waals surface area contributed by atoms with Crippen LogP contribution in [0.3, 0.4) is 0 Å². The number of hydrogen-bond donors (Lipinski definition) is 1. The Bertz CT molecular complexity index is 731. The molecule has 0 spiro atoms. The number of rotatable bonds is 6. The average molecular weight is 482 g/mol. The van der Waals surface area contributed by atoms with Gasteiger partial charge in [-0.05, 0) is 62.1 Å². The Kier molecular flexibility index (Phi) is 8.63. The minimum Gasteiger partial charge on any atom is -0.494 e. The number of guanidine groups is 1. The number of ether oxygens (including phenoxy) is 2. The van der Waals surface area contributed by atoms with Gasteiger partial charge in [0.15, 0.2) is 5.96 Å². The van der Waals surface area contributed by atoms with Crippen molar-refractivity contribution in [1.82, 2.24) is 9.88 Å². The topological polar surface area (TPSA) is 73.0 Å². The second-order valence-electron chi connectivity index (χ2n) is 6.23.